The number of nitrogens with zero attached hydrogens (tertiary/aromatic N) is 2. The lowest BCUT2D eigenvalue weighted by atomic mass is 9.71. The minimum atomic E-state index is -0.464. The largest absolute Gasteiger partial charge is 0.493 e. The average molecular weight is 266 g/mol. The molecule has 0 bridgehead atoms. The Balaban J connectivity index is 2.15. The van der Waals surface area contributed by atoms with E-state index in [1.807, 2.05) is 11.6 Å². The maximum absolute atomic E-state index is 10.7. The van der Waals surface area contributed by atoms with Crippen LogP contribution in [0.1, 0.15) is 58.3 Å². The van der Waals surface area contributed by atoms with Gasteiger partial charge in [-0.05, 0) is 43.9 Å². The lowest BCUT2D eigenvalue weighted by Crippen LogP contribution is -2.26. The van der Waals surface area contributed by atoms with Crippen LogP contribution in [0, 0.1) is 11.3 Å². The quantitative estimate of drug-likeness (QED) is 0.910. The van der Waals surface area contributed by atoms with Crippen molar-refractivity contribution in [1.82, 2.24) is 9.78 Å². The molecule has 1 N–H and O–H groups in total. The molecule has 1 aromatic rings. The van der Waals surface area contributed by atoms with Crippen LogP contribution in [0.25, 0.3) is 0 Å². The van der Waals surface area contributed by atoms with E-state index in [0.717, 1.165) is 25.1 Å². The number of rotatable bonds is 4. The Morgan fingerprint density at radius 2 is 2.11 bits per heavy atom. The minimum absolute atomic E-state index is 0.323. The highest BCUT2D eigenvalue weighted by atomic mass is 16.5. The predicted molar refractivity (Wildman–Crippen MR) is 75.2 cm³/mol. The van der Waals surface area contributed by atoms with Gasteiger partial charge >= 0.3 is 0 Å². The fraction of sp³-hybridized carbons (Fsp3) is 0.800. The molecule has 1 aromatic heterocycles. The second-order valence-corrected chi connectivity index (χ2v) is 6.36. The van der Waals surface area contributed by atoms with E-state index >= 15 is 0 Å². The number of aliphatic hydroxyl groups excluding tert-OH is 1. The van der Waals surface area contributed by atoms with E-state index in [1.54, 1.807) is 13.3 Å². The Kier molecular flexibility index (Phi) is 4.19. The molecule has 1 aliphatic carbocycles. The van der Waals surface area contributed by atoms with Gasteiger partial charge in [0.25, 0.3) is 0 Å². The van der Waals surface area contributed by atoms with E-state index in [1.165, 1.54) is 12.8 Å². The Labute approximate surface area is 115 Å². The third-order valence-electron chi connectivity index (χ3n) is 4.47. The van der Waals surface area contributed by atoms with Gasteiger partial charge in [0.1, 0.15) is 11.8 Å². The van der Waals surface area contributed by atoms with Crippen molar-refractivity contribution in [2.75, 3.05) is 7.11 Å². The summed E-state index contributed by atoms with van der Waals surface area (Å²) in [5.74, 6) is 1.03. The van der Waals surface area contributed by atoms with Gasteiger partial charge in [0.2, 0.25) is 0 Å². The molecule has 1 fully saturated rings. The molecule has 1 unspecified atom stereocenters. The number of aromatic nitrogens is 2. The predicted octanol–water partition coefficient (Wildman–Crippen LogP) is 3.16. The van der Waals surface area contributed by atoms with Crippen molar-refractivity contribution in [3.8, 4) is 5.75 Å². The number of ether oxygens (including phenoxy) is 1. The summed E-state index contributed by atoms with van der Waals surface area (Å²) in [6.07, 6.45) is 5.75. The van der Waals surface area contributed by atoms with Gasteiger partial charge < -0.3 is 9.84 Å². The second kappa shape index (κ2) is 5.53. The summed E-state index contributed by atoms with van der Waals surface area (Å²) in [7, 11) is 1.64. The monoisotopic (exact) mass is 266 g/mol. The zero-order valence-electron chi connectivity index (χ0n) is 12.5. The molecule has 0 radical (unpaired) electrons. The van der Waals surface area contributed by atoms with Crippen LogP contribution >= 0.6 is 0 Å². The fourth-order valence-electron chi connectivity index (χ4n) is 3.05. The SMILES string of the molecule is CCn1ncc(OC)c1C(O)C1CCC(C)(C)CC1. The number of hydrogen-bond donors (Lipinski definition) is 1. The molecule has 1 aliphatic rings. The maximum atomic E-state index is 10.7. The lowest BCUT2D eigenvalue weighted by Gasteiger charge is -2.36. The van der Waals surface area contributed by atoms with Crippen molar-refractivity contribution in [1.29, 1.82) is 0 Å². The molecule has 4 nitrogen and oxygen atoms in total. The minimum Gasteiger partial charge on any atom is -0.493 e. The highest BCUT2D eigenvalue weighted by Gasteiger charge is 2.33. The maximum Gasteiger partial charge on any atom is 0.162 e. The number of methoxy groups -OCH3 is 1. The summed E-state index contributed by atoms with van der Waals surface area (Å²) < 4.78 is 7.19. The lowest BCUT2D eigenvalue weighted by molar-refractivity contribution is 0.0489. The van der Waals surface area contributed by atoms with Crippen molar-refractivity contribution in [3.05, 3.63) is 11.9 Å². The molecule has 1 saturated carbocycles. The summed E-state index contributed by atoms with van der Waals surface area (Å²) >= 11 is 0. The summed E-state index contributed by atoms with van der Waals surface area (Å²) in [6.45, 7) is 7.42. The van der Waals surface area contributed by atoms with Crippen LogP contribution in [0.3, 0.4) is 0 Å². The summed E-state index contributed by atoms with van der Waals surface area (Å²) in [5.41, 5.74) is 1.26. The van der Waals surface area contributed by atoms with Gasteiger partial charge in [-0.3, -0.25) is 4.68 Å². The summed E-state index contributed by atoms with van der Waals surface area (Å²) in [5, 5.41) is 15.0. The van der Waals surface area contributed by atoms with E-state index in [9.17, 15) is 5.11 Å². The van der Waals surface area contributed by atoms with Crippen molar-refractivity contribution in [2.45, 2.75) is 59.1 Å². The van der Waals surface area contributed by atoms with Crippen LogP contribution in [0.5, 0.6) is 5.75 Å². The van der Waals surface area contributed by atoms with Crippen molar-refractivity contribution in [2.24, 2.45) is 11.3 Å². The third kappa shape index (κ3) is 2.94. The smallest absolute Gasteiger partial charge is 0.162 e. The van der Waals surface area contributed by atoms with Gasteiger partial charge in [-0.25, -0.2) is 0 Å². The fourth-order valence-corrected chi connectivity index (χ4v) is 3.05. The van der Waals surface area contributed by atoms with E-state index in [-0.39, 0.29) is 0 Å². The number of aliphatic hydroxyl groups is 1. The van der Waals surface area contributed by atoms with Gasteiger partial charge in [0.05, 0.1) is 13.3 Å². The third-order valence-corrected chi connectivity index (χ3v) is 4.47. The Hall–Kier alpha value is -1.03. The molecule has 0 amide bonds. The van der Waals surface area contributed by atoms with E-state index in [0.29, 0.717) is 17.1 Å². The standard InChI is InChI=1S/C15H26N2O2/c1-5-17-13(12(19-4)10-16-17)14(18)11-6-8-15(2,3)9-7-11/h10-11,14,18H,5-9H2,1-4H3. The van der Waals surface area contributed by atoms with E-state index < -0.39 is 6.10 Å². The normalized spacial score (nSPS) is 21.3. The first kappa shape index (κ1) is 14.4. The average Bonchev–Trinajstić information content (AvgIpc) is 2.80. The van der Waals surface area contributed by atoms with Gasteiger partial charge in [-0.1, -0.05) is 13.8 Å². The molecule has 0 aromatic carbocycles. The molecule has 108 valence electrons. The van der Waals surface area contributed by atoms with Crippen molar-refractivity contribution < 1.29 is 9.84 Å². The molecule has 2 rings (SSSR count). The van der Waals surface area contributed by atoms with Gasteiger partial charge in [0.15, 0.2) is 5.75 Å². The van der Waals surface area contributed by atoms with Crippen LogP contribution in [-0.4, -0.2) is 22.0 Å². The van der Waals surface area contributed by atoms with Gasteiger partial charge in [-0.15, -0.1) is 0 Å². The molecule has 0 saturated heterocycles. The van der Waals surface area contributed by atoms with Crippen molar-refractivity contribution >= 4 is 0 Å². The Morgan fingerprint density at radius 1 is 1.47 bits per heavy atom. The van der Waals surface area contributed by atoms with Gasteiger partial charge in [-0.2, -0.15) is 5.10 Å². The van der Waals surface area contributed by atoms with Crippen LogP contribution < -0.4 is 4.74 Å². The highest BCUT2D eigenvalue weighted by molar-refractivity contribution is 5.27. The number of hydrogen-bond acceptors (Lipinski definition) is 3. The zero-order chi connectivity index (χ0) is 14.0. The molecule has 0 spiro atoms. The topological polar surface area (TPSA) is 47.3 Å². The van der Waals surface area contributed by atoms with E-state index in [4.69, 9.17) is 4.74 Å². The molecule has 0 aliphatic heterocycles. The zero-order valence-corrected chi connectivity index (χ0v) is 12.5. The first-order chi connectivity index (χ1) is 8.98. The Morgan fingerprint density at radius 3 is 2.63 bits per heavy atom. The van der Waals surface area contributed by atoms with Crippen LogP contribution in [0.4, 0.5) is 0 Å². The number of aryl methyl sites for hydroxylation is 1. The first-order valence-corrected chi connectivity index (χ1v) is 7.26. The molecule has 4 heteroatoms. The van der Waals surface area contributed by atoms with Crippen LogP contribution in [0.15, 0.2) is 6.20 Å². The molecule has 1 heterocycles. The van der Waals surface area contributed by atoms with Crippen molar-refractivity contribution in [3.63, 3.8) is 0 Å². The molecular weight excluding hydrogens is 240 g/mol. The first-order valence-electron chi connectivity index (χ1n) is 7.26. The highest BCUT2D eigenvalue weighted by Crippen LogP contribution is 2.44. The molecule has 1 atom stereocenters. The summed E-state index contributed by atoms with van der Waals surface area (Å²) in [6, 6.07) is 0. The molecule has 19 heavy (non-hydrogen) atoms. The molecular formula is C15H26N2O2. The Bertz CT molecular complexity index is 394. The van der Waals surface area contributed by atoms with E-state index in [2.05, 4.69) is 18.9 Å². The van der Waals surface area contributed by atoms with Gasteiger partial charge in [0, 0.05) is 6.54 Å². The summed E-state index contributed by atoms with van der Waals surface area (Å²) in [4.78, 5) is 0. The second-order valence-electron chi connectivity index (χ2n) is 6.36. The van der Waals surface area contributed by atoms with Crippen LogP contribution in [0.2, 0.25) is 0 Å². The van der Waals surface area contributed by atoms with Crippen LogP contribution in [-0.2, 0) is 6.54 Å².